The van der Waals surface area contributed by atoms with E-state index in [4.69, 9.17) is 0 Å². The van der Waals surface area contributed by atoms with Crippen LogP contribution in [0.2, 0.25) is 0 Å². The third kappa shape index (κ3) is 8.59. The highest BCUT2D eigenvalue weighted by Crippen LogP contribution is 2.23. The van der Waals surface area contributed by atoms with Crippen LogP contribution in [0.1, 0.15) is 45.1 Å². The largest absolute Gasteiger partial charge is 0.311 e. The van der Waals surface area contributed by atoms with E-state index in [1.807, 2.05) is 12.1 Å². The van der Waals surface area contributed by atoms with Crippen LogP contribution in [0.3, 0.4) is 0 Å². The Morgan fingerprint density at radius 1 is 1.19 bits per heavy atom. The standard InChI is InChI=1S/C16H26BrNO2S/c1-16(2,3)18-12-14(6-5-11-21(4,19)20)13-7-9-15(17)10-8-13/h7-10,14,18H,5-6,11-12H2,1-4H3. The Kier molecular flexibility index (Phi) is 6.88. The van der Waals surface area contributed by atoms with E-state index in [1.54, 1.807) is 0 Å². The average molecular weight is 376 g/mol. The van der Waals surface area contributed by atoms with Gasteiger partial charge in [-0.05, 0) is 57.2 Å². The van der Waals surface area contributed by atoms with Crippen LogP contribution in [0.25, 0.3) is 0 Å². The Morgan fingerprint density at radius 2 is 1.76 bits per heavy atom. The summed E-state index contributed by atoms with van der Waals surface area (Å²) in [7, 11) is -2.88. The van der Waals surface area contributed by atoms with E-state index >= 15 is 0 Å². The molecule has 0 radical (unpaired) electrons. The highest BCUT2D eigenvalue weighted by atomic mass is 79.9. The lowest BCUT2D eigenvalue weighted by Gasteiger charge is -2.25. The SMILES string of the molecule is CC(C)(C)NCC(CCCS(C)(=O)=O)c1ccc(Br)cc1. The highest BCUT2D eigenvalue weighted by molar-refractivity contribution is 9.10. The fourth-order valence-electron chi connectivity index (χ4n) is 2.14. The Bertz CT molecular complexity index is 532. The quantitative estimate of drug-likeness (QED) is 0.789. The molecule has 0 aliphatic rings. The molecule has 21 heavy (non-hydrogen) atoms. The normalized spacial score (nSPS) is 14.1. The van der Waals surface area contributed by atoms with Crippen molar-refractivity contribution in [3.05, 3.63) is 34.3 Å². The van der Waals surface area contributed by atoms with Crippen molar-refractivity contribution in [2.45, 2.75) is 45.1 Å². The highest BCUT2D eigenvalue weighted by Gasteiger charge is 2.16. The van der Waals surface area contributed by atoms with Crippen LogP contribution in [0.4, 0.5) is 0 Å². The summed E-state index contributed by atoms with van der Waals surface area (Å²) in [6, 6.07) is 8.30. The molecule has 0 aromatic heterocycles. The van der Waals surface area contributed by atoms with Crippen LogP contribution >= 0.6 is 15.9 Å². The number of sulfone groups is 1. The Balaban J connectivity index is 2.72. The van der Waals surface area contributed by atoms with Gasteiger partial charge in [-0.2, -0.15) is 0 Å². The van der Waals surface area contributed by atoms with Gasteiger partial charge in [0.1, 0.15) is 9.84 Å². The molecule has 0 amide bonds. The monoisotopic (exact) mass is 375 g/mol. The molecule has 3 nitrogen and oxygen atoms in total. The zero-order valence-electron chi connectivity index (χ0n) is 13.3. The lowest BCUT2D eigenvalue weighted by Crippen LogP contribution is -2.38. The molecular weight excluding hydrogens is 350 g/mol. The molecule has 5 heteroatoms. The van der Waals surface area contributed by atoms with Crippen LogP contribution in [-0.4, -0.2) is 32.5 Å². The van der Waals surface area contributed by atoms with Gasteiger partial charge in [-0.25, -0.2) is 8.42 Å². The molecule has 1 unspecified atom stereocenters. The van der Waals surface area contributed by atoms with E-state index in [-0.39, 0.29) is 11.3 Å². The third-order valence-electron chi connectivity index (χ3n) is 3.29. The van der Waals surface area contributed by atoms with Gasteiger partial charge in [0, 0.05) is 28.6 Å². The zero-order chi connectivity index (χ0) is 16.1. The third-order valence-corrected chi connectivity index (χ3v) is 4.85. The van der Waals surface area contributed by atoms with E-state index < -0.39 is 9.84 Å². The zero-order valence-corrected chi connectivity index (χ0v) is 15.7. The molecule has 0 bridgehead atoms. The first-order valence-corrected chi connectivity index (χ1v) is 10.1. The van der Waals surface area contributed by atoms with Crippen molar-refractivity contribution in [3.63, 3.8) is 0 Å². The molecule has 1 aromatic rings. The summed E-state index contributed by atoms with van der Waals surface area (Å²) < 4.78 is 23.6. The molecule has 0 aliphatic heterocycles. The topological polar surface area (TPSA) is 46.2 Å². The molecule has 120 valence electrons. The first-order valence-electron chi connectivity index (χ1n) is 7.25. The van der Waals surface area contributed by atoms with Gasteiger partial charge in [-0.3, -0.25) is 0 Å². The second kappa shape index (κ2) is 7.75. The fourth-order valence-corrected chi connectivity index (χ4v) is 3.10. The van der Waals surface area contributed by atoms with Gasteiger partial charge in [0.15, 0.2) is 0 Å². The minimum Gasteiger partial charge on any atom is -0.311 e. The van der Waals surface area contributed by atoms with E-state index in [1.165, 1.54) is 11.8 Å². The summed E-state index contributed by atoms with van der Waals surface area (Å²) in [5, 5.41) is 3.52. The number of hydrogen-bond acceptors (Lipinski definition) is 3. The fraction of sp³-hybridized carbons (Fsp3) is 0.625. The van der Waals surface area contributed by atoms with Gasteiger partial charge < -0.3 is 5.32 Å². The van der Waals surface area contributed by atoms with Crippen molar-refractivity contribution in [3.8, 4) is 0 Å². The van der Waals surface area contributed by atoms with Crippen LogP contribution in [-0.2, 0) is 9.84 Å². The van der Waals surface area contributed by atoms with Crippen LogP contribution < -0.4 is 5.32 Å². The first-order chi connectivity index (χ1) is 9.57. The summed E-state index contributed by atoms with van der Waals surface area (Å²) in [5.74, 6) is 0.592. The molecule has 1 rings (SSSR count). The summed E-state index contributed by atoms with van der Waals surface area (Å²) in [6.07, 6.45) is 2.87. The number of rotatable bonds is 7. The molecule has 0 aliphatic carbocycles. The molecule has 1 N–H and O–H groups in total. The maximum absolute atomic E-state index is 11.3. The molecule has 1 atom stereocenters. The number of benzene rings is 1. The van der Waals surface area contributed by atoms with Crippen LogP contribution in [0, 0.1) is 0 Å². The van der Waals surface area contributed by atoms with Crippen molar-refractivity contribution >= 4 is 25.8 Å². The first kappa shape index (κ1) is 18.7. The van der Waals surface area contributed by atoms with E-state index in [0.717, 1.165) is 17.4 Å². The summed E-state index contributed by atoms with van der Waals surface area (Å²) >= 11 is 3.45. The minimum absolute atomic E-state index is 0.0600. The van der Waals surface area contributed by atoms with Gasteiger partial charge in [-0.15, -0.1) is 0 Å². The molecule has 0 saturated heterocycles. The number of nitrogens with one attached hydrogen (secondary N) is 1. The molecular formula is C16H26BrNO2S. The van der Waals surface area contributed by atoms with Crippen molar-refractivity contribution < 1.29 is 8.42 Å². The Labute approximate surface area is 137 Å². The van der Waals surface area contributed by atoms with E-state index in [9.17, 15) is 8.42 Å². The van der Waals surface area contributed by atoms with E-state index in [2.05, 4.69) is 54.2 Å². The minimum atomic E-state index is -2.88. The Hall–Kier alpha value is -0.390. The van der Waals surface area contributed by atoms with Gasteiger partial charge in [0.05, 0.1) is 0 Å². The van der Waals surface area contributed by atoms with Gasteiger partial charge >= 0.3 is 0 Å². The summed E-state index contributed by atoms with van der Waals surface area (Å²) in [6.45, 7) is 7.28. The lowest BCUT2D eigenvalue weighted by molar-refractivity contribution is 0.398. The van der Waals surface area contributed by atoms with Gasteiger partial charge in [-0.1, -0.05) is 28.1 Å². The van der Waals surface area contributed by atoms with Gasteiger partial charge in [0.25, 0.3) is 0 Å². The van der Waals surface area contributed by atoms with Crippen LogP contribution in [0.15, 0.2) is 28.7 Å². The molecule has 0 saturated carbocycles. The molecule has 0 fully saturated rings. The maximum Gasteiger partial charge on any atom is 0.147 e. The number of hydrogen-bond donors (Lipinski definition) is 1. The van der Waals surface area contributed by atoms with Crippen LogP contribution in [0.5, 0.6) is 0 Å². The van der Waals surface area contributed by atoms with Crippen molar-refractivity contribution in [2.24, 2.45) is 0 Å². The van der Waals surface area contributed by atoms with E-state index in [0.29, 0.717) is 12.3 Å². The predicted molar refractivity (Wildman–Crippen MR) is 93.6 cm³/mol. The predicted octanol–water partition coefficient (Wildman–Crippen LogP) is 3.75. The van der Waals surface area contributed by atoms with Crippen molar-refractivity contribution in [2.75, 3.05) is 18.6 Å². The van der Waals surface area contributed by atoms with Crippen molar-refractivity contribution in [1.29, 1.82) is 0 Å². The second-order valence-corrected chi connectivity index (χ2v) is 9.83. The molecule has 0 heterocycles. The summed E-state index contributed by atoms with van der Waals surface area (Å²) in [5.41, 5.74) is 1.31. The molecule has 0 spiro atoms. The number of halogens is 1. The maximum atomic E-state index is 11.3. The molecule has 1 aromatic carbocycles. The second-order valence-electron chi connectivity index (χ2n) is 6.65. The summed E-state index contributed by atoms with van der Waals surface area (Å²) in [4.78, 5) is 0. The average Bonchev–Trinajstić information content (AvgIpc) is 2.32. The van der Waals surface area contributed by atoms with Crippen molar-refractivity contribution in [1.82, 2.24) is 5.32 Å². The van der Waals surface area contributed by atoms with Gasteiger partial charge in [0.2, 0.25) is 0 Å². The lowest BCUT2D eigenvalue weighted by atomic mass is 9.93. The smallest absolute Gasteiger partial charge is 0.147 e. The Morgan fingerprint density at radius 3 is 2.24 bits per heavy atom.